The van der Waals surface area contributed by atoms with Crippen LogP contribution in [-0.4, -0.2) is 28.5 Å². The Morgan fingerprint density at radius 2 is 1.86 bits per heavy atom. The molecule has 1 amide bonds. The highest BCUT2D eigenvalue weighted by Crippen LogP contribution is 2.17. The van der Waals surface area contributed by atoms with Crippen LogP contribution in [0.1, 0.15) is 22.8 Å². The van der Waals surface area contributed by atoms with E-state index in [1.165, 1.54) is 4.90 Å². The zero-order chi connectivity index (χ0) is 16.1. The maximum absolute atomic E-state index is 12.7. The van der Waals surface area contributed by atoms with Gasteiger partial charge in [-0.3, -0.25) is 14.5 Å². The Bertz CT molecular complexity index is 653. The number of carbonyl (C=O) groups is 2. The van der Waals surface area contributed by atoms with Gasteiger partial charge in [0.05, 0.1) is 5.92 Å². The number of aryl methyl sites for hydroxylation is 1. The number of anilines is 1. The van der Waals surface area contributed by atoms with Crippen LogP contribution in [0.5, 0.6) is 0 Å². The number of carboxylic acids is 1. The maximum atomic E-state index is 12.7. The van der Waals surface area contributed by atoms with Gasteiger partial charge in [0.25, 0.3) is 5.91 Å². The molecule has 1 atom stereocenters. The average Bonchev–Trinajstić information content (AvgIpc) is 2.53. The fourth-order valence-corrected chi connectivity index (χ4v) is 1.99. The molecular formula is C17H18N2O3. The van der Waals surface area contributed by atoms with Gasteiger partial charge in [-0.2, -0.15) is 0 Å². The summed E-state index contributed by atoms with van der Waals surface area (Å²) in [5, 5.41) is 9.12. The van der Waals surface area contributed by atoms with Crippen LogP contribution in [0, 0.1) is 12.8 Å². The Morgan fingerprint density at radius 1 is 1.18 bits per heavy atom. The van der Waals surface area contributed by atoms with E-state index in [9.17, 15) is 9.59 Å². The molecular weight excluding hydrogens is 280 g/mol. The molecule has 0 aliphatic carbocycles. The number of pyridine rings is 1. The average molecular weight is 298 g/mol. The van der Waals surface area contributed by atoms with E-state index < -0.39 is 11.9 Å². The SMILES string of the molecule is Cc1ccc(N(CC(C)C(=O)O)C(=O)c2ccccc2)nc1. The molecule has 0 fully saturated rings. The van der Waals surface area contributed by atoms with E-state index in [0.717, 1.165) is 5.56 Å². The Labute approximate surface area is 129 Å². The normalized spacial score (nSPS) is 11.7. The molecule has 0 saturated heterocycles. The first-order valence-corrected chi connectivity index (χ1v) is 7.01. The molecule has 0 radical (unpaired) electrons. The molecule has 5 heteroatoms. The third-order valence-corrected chi connectivity index (χ3v) is 3.32. The van der Waals surface area contributed by atoms with Crippen LogP contribution in [-0.2, 0) is 4.79 Å². The minimum Gasteiger partial charge on any atom is -0.481 e. The van der Waals surface area contributed by atoms with Crippen molar-refractivity contribution in [3.8, 4) is 0 Å². The topological polar surface area (TPSA) is 70.5 Å². The second kappa shape index (κ2) is 6.85. The van der Waals surface area contributed by atoms with Crippen molar-refractivity contribution in [2.45, 2.75) is 13.8 Å². The highest BCUT2D eigenvalue weighted by molar-refractivity contribution is 6.05. The summed E-state index contributed by atoms with van der Waals surface area (Å²) in [6.45, 7) is 3.54. The number of rotatable bonds is 5. The van der Waals surface area contributed by atoms with Crippen LogP contribution in [0.4, 0.5) is 5.82 Å². The summed E-state index contributed by atoms with van der Waals surface area (Å²) in [6, 6.07) is 12.3. The molecule has 5 nitrogen and oxygen atoms in total. The third-order valence-electron chi connectivity index (χ3n) is 3.32. The maximum Gasteiger partial charge on any atom is 0.308 e. The first-order valence-electron chi connectivity index (χ1n) is 7.01. The summed E-state index contributed by atoms with van der Waals surface area (Å²) in [5.74, 6) is -1.44. The number of hydrogen-bond acceptors (Lipinski definition) is 3. The van der Waals surface area contributed by atoms with E-state index in [2.05, 4.69) is 4.98 Å². The predicted octanol–water partition coefficient (Wildman–Crippen LogP) is 2.76. The number of nitrogens with zero attached hydrogens (tertiary/aromatic N) is 2. The smallest absolute Gasteiger partial charge is 0.308 e. The molecule has 2 rings (SSSR count). The van der Waals surface area contributed by atoms with Crippen molar-refractivity contribution < 1.29 is 14.7 Å². The van der Waals surface area contributed by atoms with Gasteiger partial charge in [-0.05, 0) is 30.7 Å². The van der Waals surface area contributed by atoms with E-state index in [0.29, 0.717) is 11.4 Å². The van der Waals surface area contributed by atoms with Crippen molar-refractivity contribution in [3.63, 3.8) is 0 Å². The van der Waals surface area contributed by atoms with Crippen LogP contribution < -0.4 is 4.90 Å². The number of aliphatic carboxylic acids is 1. The number of amides is 1. The number of benzene rings is 1. The van der Waals surface area contributed by atoms with Crippen molar-refractivity contribution in [3.05, 3.63) is 59.8 Å². The molecule has 114 valence electrons. The first-order chi connectivity index (χ1) is 10.5. The van der Waals surface area contributed by atoms with Gasteiger partial charge in [0, 0.05) is 18.3 Å². The number of carboxylic acid groups (broad SMARTS) is 1. The van der Waals surface area contributed by atoms with Gasteiger partial charge in [0.15, 0.2) is 0 Å². The third kappa shape index (κ3) is 3.69. The van der Waals surface area contributed by atoms with E-state index in [1.807, 2.05) is 19.1 Å². The highest BCUT2D eigenvalue weighted by Gasteiger charge is 2.23. The Hall–Kier alpha value is -2.69. The molecule has 0 aliphatic heterocycles. The Balaban J connectivity index is 2.34. The van der Waals surface area contributed by atoms with Crippen molar-refractivity contribution in [1.82, 2.24) is 4.98 Å². The molecule has 0 aliphatic rings. The number of hydrogen-bond donors (Lipinski definition) is 1. The summed E-state index contributed by atoms with van der Waals surface area (Å²) < 4.78 is 0. The quantitative estimate of drug-likeness (QED) is 0.921. The standard InChI is InChI=1S/C17H18N2O3/c1-12-8-9-15(18-10-12)19(11-13(2)17(21)22)16(20)14-6-4-3-5-7-14/h3-10,13H,11H2,1-2H3,(H,21,22). The molecule has 0 saturated carbocycles. The molecule has 1 aromatic heterocycles. The minimum atomic E-state index is -0.946. The van der Waals surface area contributed by atoms with E-state index >= 15 is 0 Å². The summed E-state index contributed by atoms with van der Waals surface area (Å²) >= 11 is 0. The van der Waals surface area contributed by atoms with Crippen LogP contribution in [0.15, 0.2) is 48.7 Å². The number of carbonyl (C=O) groups excluding carboxylic acids is 1. The highest BCUT2D eigenvalue weighted by atomic mass is 16.4. The molecule has 1 heterocycles. The fourth-order valence-electron chi connectivity index (χ4n) is 1.99. The van der Waals surface area contributed by atoms with Crippen LogP contribution in [0.25, 0.3) is 0 Å². The lowest BCUT2D eigenvalue weighted by Gasteiger charge is -2.23. The first kappa shape index (κ1) is 15.7. The van der Waals surface area contributed by atoms with Gasteiger partial charge in [0.2, 0.25) is 0 Å². The second-order valence-electron chi connectivity index (χ2n) is 5.21. The summed E-state index contributed by atoms with van der Waals surface area (Å²) in [4.78, 5) is 29.5. The lowest BCUT2D eigenvalue weighted by atomic mass is 10.1. The molecule has 0 bridgehead atoms. The van der Waals surface area contributed by atoms with Crippen molar-refractivity contribution >= 4 is 17.7 Å². The van der Waals surface area contributed by atoms with E-state index in [-0.39, 0.29) is 12.5 Å². The Kier molecular flexibility index (Phi) is 4.88. The summed E-state index contributed by atoms with van der Waals surface area (Å²) in [6.07, 6.45) is 1.66. The monoisotopic (exact) mass is 298 g/mol. The van der Waals surface area contributed by atoms with Crippen molar-refractivity contribution in [2.24, 2.45) is 5.92 Å². The lowest BCUT2D eigenvalue weighted by molar-refractivity contribution is -0.140. The van der Waals surface area contributed by atoms with Crippen LogP contribution in [0.3, 0.4) is 0 Å². The second-order valence-corrected chi connectivity index (χ2v) is 5.21. The fraction of sp³-hybridized carbons (Fsp3) is 0.235. The van der Waals surface area contributed by atoms with Gasteiger partial charge >= 0.3 is 5.97 Å². The van der Waals surface area contributed by atoms with Gasteiger partial charge in [0.1, 0.15) is 5.82 Å². The predicted molar refractivity (Wildman–Crippen MR) is 83.9 cm³/mol. The van der Waals surface area contributed by atoms with Gasteiger partial charge in [-0.25, -0.2) is 4.98 Å². The van der Waals surface area contributed by atoms with Crippen LogP contribution in [0.2, 0.25) is 0 Å². The largest absolute Gasteiger partial charge is 0.481 e. The zero-order valence-electron chi connectivity index (χ0n) is 12.6. The summed E-state index contributed by atoms with van der Waals surface area (Å²) in [5.41, 5.74) is 1.48. The number of aromatic nitrogens is 1. The molecule has 1 N–H and O–H groups in total. The van der Waals surface area contributed by atoms with Gasteiger partial charge < -0.3 is 5.11 Å². The molecule has 2 aromatic rings. The molecule has 0 spiro atoms. The zero-order valence-corrected chi connectivity index (χ0v) is 12.6. The molecule has 1 unspecified atom stereocenters. The van der Waals surface area contributed by atoms with Crippen LogP contribution >= 0.6 is 0 Å². The Morgan fingerprint density at radius 3 is 2.41 bits per heavy atom. The van der Waals surface area contributed by atoms with E-state index in [1.54, 1.807) is 43.5 Å². The lowest BCUT2D eigenvalue weighted by Crippen LogP contribution is -2.37. The van der Waals surface area contributed by atoms with Gasteiger partial charge in [-0.15, -0.1) is 0 Å². The minimum absolute atomic E-state index is 0.0686. The van der Waals surface area contributed by atoms with E-state index in [4.69, 9.17) is 5.11 Å². The molecule has 1 aromatic carbocycles. The van der Waals surface area contributed by atoms with Gasteiger partial charge in [-0.1, -0.05) is 31.2 Å². The molecule has 22 heavy (non-hydrogen) atoms. The summed E-state index contributed by atoms with van der Waals surface area (Å²) in [7, 11) is 0. The van der Waals surface area contributed by atoms with Crippen molar-refractivity contribution in [1.29, 1.82) is 0 Å². The van der Waals surface area contributed by atoms with Crippen molar-refractivity contribution in [2.75, 3.05) is 11.4 Å².